The summed E-state index contributed by atoms with van der Waals surface area (Å²) in [6.45, 7) is 3.05. The first-order chi connectivity index (χ1) is 9.15. The molecule has 0 unspecified atom stereocenters. The van der Waals surface area contributed by atoms with E-state index in [9.17, 15) is 4.79 Å². The number of hydrogen-bond acceptors (Lipinski definition) is 4. The smallest absolute Gasteiger partial charge is 0.326 e. The number of aromatic nitrogens is 3. The van der Waals surface area contributed by atoms with Crippen molar-refractivity contribution in [2.45, 2.75) is 36.5 Å². The number of nitrogens with one attached hydrogen (secondary N) is 1. The standard InChI is InChI=1S/C12H15ClN4OS/c1-2-5-17-11(18)15-16-12(17)19-10-4-3-9(13)6-8(10)7-14/h3-4,6H,2,5,7,14H2,1H3,(H,15,18). The first-order valence-electron chi connectivity index (χ1n) is 5.97. The lowest BCUT2D eigenvalue weighted by atomic mass is 10.2. The molecule has 0 aliphatic heterocycles. The minimum atomic E-state index is -0.187. The Morgan fingerprint density at radius 1 is 1.53 bits per heavy atom. The van der Waals surface area contributed by atoms with Crippen LogP contribution in [0.3, 0.4) is 0 Å². The van der Waals surface area contributed by atoms with E-state index in [0.29, 0.717) is 23.3 Å². The number of halogens is 1. The highest BCUT2D eigenvalue weighted by molar-refractivity contribution is 7.99. The normalized spacial score (nSPS) is 10.9. The Bertz CT molecular complexity index is 622. The molecule has 0 saturated heterocycles. The van der Waals surface area contributed by atoms with Crippen molar-refractivity contribution in [3.63, 3.8) is 0 Å². The van der Waals surface area contributed by atoms with Crippen LogP contribution in [0.15, 0.2) is 33.0 Å². The summed E-state index contributed by atoms with van der Waals surface area (Å²) in [5.41, 5.74) is 6.46. The number of nitrogens with zero attached hydrogens (tertiary/aromatic N) is 2. The highest BCUT2D eigenvalue weighted by Gasteiger charge is 2.11. The second-order valence-electron chi connectivity index (χ2n) is 4.02. The van der Waals surface area contributed by atoms with Gasteiger partial charge in [-0.15, -0.1) is 5.10 Å². The number of rotatable bonds is 5. The van der Waals surface area contributed by atoms with Gasteiger partial charge in [0.2, 0.25) is 0 Å². The van der Waals surface area contributed by atoms with E-state index in [2.05, 4.69) is 10.2 Å². The average molecular weight is 299 g/mol. The third kappa shape index (κ3) is 3.20. The molecule has 7 heteroatoms. The Hall–Kier alpha value is -1.24. The van der Waals surface area contributed by atoms with Gasteiger partial charge in [-0.1, -0.05) is 18.5 Å². The van der Waals surface area contributed by atoms with Crippen molar-refractivity contribution < 1.29 is 0 Å². The van der Waals surface area contributed by atoms with Crippen molar-refractivity contribution in [1.29, 1.82) is 0 Å². The lowest BCUT2D eigenvalue weighted by Gasteiger charge is -2.08. The Labute approximate surface area is 120 Å². The largest absolute Gasteiger partial charge is 0.343 e. The maximum atomic E-state index is 11.6. The summed E-state index contributed by atoms with van der Waals surface area (Å²) >= 11 is 7.36. The topological polar surface area (TPSA) is 76.7 Å². The number of nitrogens with two attached hydrogens (primary N) is 1. The summed E-state index contributed by atoms with van der Waals surface area (Å²) in [4.78, 5) is 12.6. The van der Waals surface area contributed by atoms with E-state index in [0.717, 1.165) is 16.9 Å². The van der Waals surface area contributed by atoms with Crippen LogP contribution in [-0.2, 0) is 13.1 Å². The maximum absolute atomic E-state index is 11.6. The van der Waals surface area contributed by atoms with Crippen LogP contribution in [0.4, 0.5) is 0 Å². The van der Waals surface area contributed by atoms with Gasteiger partial charge in [-0.2, -0.15) is 0 Å². The van der Waals surface area contributed by atoms with Crippen LogP contribution < -0.4 is 11.4 Å². The predicted molar refractivity (Wildman–Crippen MR) is 76.6 cm³/mol. The van der Waals surface area contributed by atoms with Crippen molar-refractivity contribution in [2.24, 2.45) is 5.73 Å². The molecule has 1 heterocycles. The van der Waals surface area contributed by atoms with Crippen LogP contribution in [0.2, 0.25) is 5.02 Å². The number of H-pyrrole nitrogens is 1. The summed E-state index contributed by atoms with van der Waals surface area (Å²) in [6, 6.07) is 5.53. The van der Waals surface area contributed by atoms with E-state index < -0.39 is 0 Å². The molecule has 0 amide bonds. The van der Waals surface area contributed by atoms with Crippen molar-refractivity contribution in [3.8, 4) is 0 Å². The van der Waals surface area contributed by atoms with Crippen LogP contribution >= 0.6 is 23.4 Å². The lowest BCUT2D eigenvalue weighted by molar-refractivity contribution is 0.604. The second-order valence-corrected chi connectivity index (χ2v) is 5.47. The molecule has 2 rings (SSSR count). The lowest BCUT2D eigenvalue weighted by Crippen LogP contribution is -2.17. The molecule has 2 aromatic rings. The van der Waals surface area contributed by atoms with Gasteiger partial charge < -0.3 is 5.73 Å². The number of hydrogen-bond donors (Lipinski definition) is 2. The predicted octanol–water partition coefficient (Wildman–Crippen LogP) is 2.24. The van der Waals surface area contributed by atoms with Gasteiger partial charge in [-0.05, 0) is 41.9 Å². The van der Waals surface area contributed by atoms with Gasteiger partial charge in [0.1, 0.15) is 0 Å². The fourth-order valence-corrected chi connectivity index (χ4v) is 2.88. The summed E-state index contributed by atoms with van der Waals surface area (Å²) in [6.07, 6.45) is 0.872. The Morgan fingerprint density at radius 2 is 2.32 bits per heavy atom. The molecule has 0 atom stereocenters. The van der Waals surface area contributed by atoms with Crippen molar-refractivity contribution in [2.75, 3.05) is 0 Å². The molecule has 0 aliphatic rings. The molecule has 1 aromatic carbocycles. The van der Waals surface area contributed by atoms with E-state index in [1.54, 1.807) is 10.6 Å². The van der Waals surface area contributed by atoms with Gasteiger partial charge in [-0.3, -0.25) is 4.57 Å². The molecule has 1 aromatic heterocycles. The van der Waals surface area contributed by atoms with Gasteiger partial charge in [0, 0.05) is 23.0 Å². The highest BCUT2D eigenvalue weighted by Crippen LogP contribution is 2.30. The monoisotopic (exact) mass is 298 g/mol. The van der Waals surface area contributed by atoms with Gasteiger partial charge >= 0.3 is 5.69 Å². The van der Waals surface area contributed by atoms with E-state index in [1.807, 2.05) is 19.1 Å². The van der Waals surface area contributed by atoms with Crippen LogP contribution in [0.5, 0.6) is 0 Å². The molecule has 0 bridgehead atoms. The molecule has 19 heavy (non-hydrogen) atoms. The third-order valence-electron chi connectivity index (χ3n) is 2.61. The Morgan fingerprint density at radius 3 is 3.00 bits per heavy atom. The zero-order valence-electron chi connectivity index (χ0n) is 10.5. The van der Waals surface area contributed by atoms with Crippen molar-refractivity contribution in [1.82, 2.24) is 14.8 Å². The number of aromatic amines is 1. The fourth-order valence-electron chi connectivity index (χ4n) is 1.71. The molecular formula is C12H15ClN4OS. The molecule has 0 spiro atoms. The van der Waals surface area contributed by atoms with Crippen LogP contribution in [0.1, 0.15) is 18.9 Å². The molecule has 102 valence electrons. The second kappa shape index (κ2) is 6.27. The average Bonchev–Trinajstić information content (AvgIpc) is 2.74. The maximum Gasteiger partial charge on any atom is 0.343 e. The fraction of sp³-hybridized carbons (Fsp3) is 0.333. The van der Waals surface area contributed by atoms with Crippen LogP contribution in [0, 0.1) is 0 Å². The zero-order valence-corrected chi connectivity index (χ0v) is 12.1. The third-order valence-corrected chi connectivity index (χ3v) is 3.96. The van der Waals surface area contributed by atoms with E-state index in [-0.39, 0.29) is 5.69 Å². The molecule has 0 fully saturated rings. The van der Waals surface area contributed by atoms with Crippen molar-refractivity contribution in [3.05, 3.63) is 39.3 Å². The molecular weight excluding hydrogens is 284 g/mol. The van der Waals surface area contributed by atoms with Gasteiger partial charge in [0.25, 0.3) is 0 Å². The quantitative estimate of drug-likeness (QED) is 0.887. The van der Waals surface area contributed by atoms with E-state index in [4.69, 9.17) is 17.3 Å². The van der Waals surface area contributed by atoms with Crippen LogP contribution in [-0.4, -0.2) is 14.8 Å². The molecule has 3 N–H and O–H groups in total. The first-order valence-corrected chi connectivity index (χ1v) is 7.16. The number of benzene rings is 1. The molecule has 0 saturated carbocycles. The van der Waals surface area contributed by atoms with Gasteiger partial charge in [0.05, 0.1) is 0 Å². The molecule has 5 nitrogen and oxygen atoms in total. The van der Waals surface area contributed by atoms with Crippen LogP contribution in [0.25, 0.3) is 0 Å². The van der Waals surface area contributed by atoms with E-state index in [1.165, 1.54) is 11.8 Å². The molecule has 0 aliphatic carbocycles. The first kappa shape index (κ1) is 14.2. The molecule has 0 radical (unpaired) electrons. The zero-order chi connectivity index (χ0) is 13.8. The van der Waals surface area contributed by atoms with Gasteiger partial charge in [-0.25, -0.2) is 9.89 Å². The summed E-state index contributed by atoms with van der Waals surface area (Å²) in [7, 11) is 0. The van der Waals surface area contributed by atoms with Crippen molar-refractivity contribution >= 4 is 23.4 Å². The SMILES string of the molecule is CCCn1c(Sc2ccc(Cl)cc2CN)n[nH]c1=O. The summed E-state index contributed by atoms with van der Waals surface area (Å²) in [5.74, 6) is 0. The minimum Gasteiger partial charge on any atom is -0.326 e. The Kier molecular flexibility index (Phi) is 4.68. The highest BCUT2D eigenvalue weighted by atomic mass is 35.5. The summed E-state index contributed by atoms with van der Waals surface area (Å²) < 4.78 is 1.62. The van der Waals surface area contributed by atoms with Gasteiger partial charge in [0.15, 0.2) is 5.16 Å². The van der Waals surface area contributed by atoms with E-state index >= 15 is 0 Å². The Balaban J connectivity index is 2.33. The minimum absolute atomic E-state index is 0.187. The summed E-state index contributed by atoms with van der Waals surface area (Å²) in [5, 5.41) is 7.81.